The summed E-state index contributed by atoms with van der Waals surface area (Å²) in [5, 5.41) is 3.19. The number of fused-ring (bicyclic) bond motifs is 2. The van der Waals surface area contributed by atoms with E-state index < -0.39 is 5.60 Å². The Kier molecular flexibility index (Phi) is 5.13. The van der Waals surface area contributed by atoms with Crippen LogP contribution in [0.2, 0.25) is 0 Å². The van der Waals surface area contributed by atoms with E-state index >= 15 is 0 Å². The molecule has 27 heavy (non-hydrogen) atoms. The second-order valence-electron chi connectivity index (χ2n) is 7.55. The third-order valence-electron chi connectivity index (χ3n) is 4.25. The van der Waals surface area contributed by atoms with Crippen LogP contribution < -0.4 is 5.32 Å². The van der Waals surface area contributed by atoms with Crippen LogP contribution in [0, 0.1) is 0 Å². The highest BCUT2D eigenvalue weighted by Gasteiger charge is 2.31. The molecule has 2 aromatic rings. The fourth-order valence-corrected chi connectivity index (χ4v) is 3.14. The lowest BCUT2D eigenvalue weighted by atomic mass is 9.83. The largest absolute Gasteiger partial charge is 0.460 e. The molecule has 0 bridgehead atoms. The molecule has 140 valence electrons. The van der Waals surface area contributed by atoms with Crippen molar-refractivity contribution in [3.05, 3.63) is 64.7 Å². The van der Waals surface area contributed by atoms with Gasteiger partial charge in [0.2, 0.25) is 0 Å². The van der Waals surface area contributed by atoms with Crippen LogP contribution in [0.15, 0.2) is 42.5 Å². The molecule has 0 spiro atoms. The van der Waals surface area contributed by atoms with Crippen molar-refractivity contribution < 1.29 is 19.1 Å². The number of esters is 1. The Balaban J connectivity index is 1.71. The van der Waals surface area contributed by atoms with Crippen LogP contribution in [-0.2, 0) is 9.53 Å². The first-order chi connectivity index (χ1) is 12.8. The van der Waals surface area contributed by atoms with Crippen LogP contribution in [0.25, 0.3) is 0 Å². The van der Waals surface area contributed by atoms with Gasteiger partial charge in [0.25, 0.3) is 0 Å². The number of ketones is 2. The molecule has 1 aliphatic carbocycles. The first kappa shape index (κ1) is 18.8. The Morgan fingerprint density at radius 2 is 1.56 bits per heavy atom. The van der Waals surface area contributed by atoms with Gasteiger partial charge in [0.15, 0.2) is 11.6 Å². The maximum absolute atomic E-state index is 12.9. The van der Waals surface area contributed by atoms with Crippen LogP contribution in [0.4, 0.5) is 5.69 Å². The molecule has 0 aromatic heterocycles. The average Bonchev–Trinajstić information content (AvgIpc) is 2.61. The zero-order valence-corrected chi connectivity index (χ0v) is 15.8. The summed E-state index contributed by atoms with van der Waals surface area (Å²) in [6.07, 6.45) is 0.853. The van der Waals surface area contributed by atoms with Crippen LogP contribution in [0.5, 0.6) is 0 Å². The number of carbonyl (C=O) groups excluding carboxylic acids is 3. The van der Waals surface area contributed by atoms with E-state index in [-0.39, 0.29) is 24.0 Å². The van der Waals surface area contributed by atoms with Crippen molar-refractivity contribution in [2.24, 2.45) is 0 Å². The minimum absolute atomic E-state index is 0.141. The highest BCUT2D eigenvalue weighted by molar-refractivity contribution is 6.30. The highest BCUT2D eigenvalue weighted by atomic mass is 16.6. The van der Waals surface area contributed by atoms with Gasteiger partial charge in [0.05, 0.1) is 5.56 Å². The summed E-state index contributed by atoms with van der Waals surface area (Å²) < 4.78 is 5.29. The molecule has 0 radical (unpaired) electrons. The minimum Gasteiger partial charge on any atom is -0.460 e. The van der Waals surface area contributed by atoms with E-state index in [0.29, 0.717) is 40.9 Å². The van der Waals surface area contributed by atoms with E-state index in [1.807, 2.05) is 20.8 Å². The van der Waals surface area contributed by atoms with Crippen molar-refractivity contribution in [2.45, 2.75) is 39.2 Å². The van der Waals surface area contributed by atoms with Gasteiger partial charge in [-0.15, -0.1) is 0 Å². The van der Waals surface area contributed by atoms with Crippen molar-refractivity contribution in [1.29, 1.82) is 0 Å². The van der Waals surface area contributed by atoms with Crippen LogP contribution in [0.1, 0.15) is 65.5 Å². The van der Waals surface area contributed by atoms with E-state index in [2.05, 4.69) is 5.32 Å². The van der Waals surface area contributed by atoms with Gasteiger partial charge in [-0.1, -0.05) is 36.4 Å². The topological polar surface area (TPSA) is 72.5 Å². The number of rotatable bonds is 5. The maximum Gasteiger partial charge on any atom is 0.306 e. The number of nitrogens with one attached hydrogen (secondary N) is 1. The van der Waals surface area contributed by atoms with E-state index in [1.165, 1.54) is 0 Å². The van der Waals surface area contributed by atoms with Gasteiger partial charge in [-0.2, -0.15) is 0 Å². The monoisotopic (exact) mass is 365 g/mol. The zero-order chi connectivity index (χ0) is 19.6. The molecule has 0 aliphatic heterocycles. The predicted octanol–water partition coefficient (Wildman–Crippen LogP) is 4.00. The fraction of sp³-hybridized carbons (Fsp3) is 0.318. The third-order valence-corrected chi connectivity index (χ3v) is 4.25. The predicted molar refractivity (Wildman–Crippen MR) is 103 cm³/mol. The highest BCUT2D eigenvalue weighted by Crippen LogP contribution is 2.31. The summed E-state index contributed by atoms with van der Waals surface area (Å²) in [6, 6.07) is 12.1. The quantitative estimate of drug-likeness (QED) is 0.547. The minimum atomic E-state index is -0.497. The number of hydrogen-bond acceptors (Lipinski definition) is 5. The van der Waals surface area contributed by atoms with Crippen LogP contribution >= 0.6 is 0 Å². The molecule has 5 nitrogen and oxygen atoms in total. The summed E-state index contributed by atoms with van der Waals surface area (Å²) in [7, 11) is 0. The van der Waals surface area contributed by atoms with Gasteiger partial charge < -0.3 is 10.1 Å². The van der Waals surface area contributed by atoms with E-state index in [1.54, 1.807) is 42.5 Å². The molecule has 0 saturated carbocycles. The Hall–Kier alpha value is -2.95. The van der Waals surface area contributed by atoms with E-state index in [9.17, 15) is 14.4 Å². The smallest absolute Gasteiger partial charge is 0.306 e. The summed E-state index contributed by atoms with van der Waals surface area (Å²) in [4.78, 5) is 37.4. The van der Waals surface area contributed by atoms with E-state index in [4.69, 9.17) is 4.74 Å². The standard InChI is InChI=1S/C22H23NO4/c1-22(2,3)27-18(24)12-7-13-23-17-11-6-10-16-19(17)21(26)15-9-5-4-8-14(15)20(16)25/h4-6,8-11,23H,7,12-13H2,1-3H3. The molecule has 0 fully saturated rings. The zero-order valence-electron chi connectivity index (χ0n) is 15.8. The Morgan fingerprint density at radius 3 is 2.22 bits per heavy atom. The molecule has 0 atom stereocenters. The molecule has 0 amide bonds. The Labute approximate surface area is 158 Å². The van der Waals surface area contributed by atoms with E-state index in [0.717, 1.165) is 0 Å². The number of anilines is 1. The molecule has 1 N–H and O–H groups in total. The molecule has 5 heteroatoms. The SMILES string of the molecule is CC(C)(C)OC(=O)CCCNc1cccc2c1C(=O)c1ccccc1C2=O. The lowest BCUT2D eigenvalue weighted by Crippen LogP contribution is -2.24. The molecule has 2 aromatic carbocycles. The number of benzene rings is 2. The average molecular weight is 365 g/mol. The van der Waals surface area contributed by atoms with Crippen molar-refractivity contribution >= 4 is 23.2 Å². The number of ether oxygens (including phenoxy) is 1. The molecule has 3 rings (SSSR count). The number of hydrogen-bond donors (Lipinski definition) is 1. The first-order valence-electron chi connectivity index (χ1n) is 9.05. The fourth-order valence-electron chi connectivity index (χ4n) is 3.14. The lowest BCUT2D eigenvalue weighted by Gasteiger charge is -2.21. The molecular weight excluding hydrogens is 342 g/mol. The Bertz CT molecular complexity index is 909. The summed E-state index contributed by atoms with van der Waals surface area (Å²) in [6.45, 7) is 6.00. The van der Waals surface area contributed by atoms with Gasteiger partial charge in [-0.05, 0) is 33.3 Å². The van der Waals surface area contributed by atoms with Crippen LogP contribution in [-0.4, -0.2) is 29.7 Å². The molecular formula is C22H23NO4. The number of carbonyl (C=O) groups is 3. The third kappa shape index (κ3) is 4.08. The second kappa shape index (κ2) is 7.35. The van der Waals surface area contributed by atoms with Crippen LogP contribution in [0.3, 0.4) is 0 Å². The normalized spacial score (nSPS) is 13.0. The van der Waals surface area contributed by atoms with Gasteiger partial charge in [0, 0.05) is 35.3 Å². The van der Waals surface area contributed by atoms with Crippen molar-refractivity contribution in [1.82, 2.24) is 0 Å². The van der Waals surface area contributed by atoms with Gasteiger partial charge in [-0.3, -0.25) is 14.4 Å². The van der Waals surface area contributed by atoms with Gasteiger partial charge >= 0.3 is 5.97 Å². The lowest BCUT2D eigenvalue weighted by molar-refractivity contribution is -0.154. The van der Waals surface area contributed by atoms with Gasteiger partial charge in [0.1, 0.15) is 5.60 Å². The second-order valence-corrected chi connectivity index (χ2v) is 7.55. The summed E-state index contributed by atoms with van der Waals surface area (Å²) in [5.41, 5.74) is 1.80. The molecule has 1 aliphatic rings. The molecule has 0 unspecified atom stereocenters. The van der Waals surface area contributed by atoms with Crippen molar-refractivity contribution in [3.63, 3.8) is 0 Å². The Morgan fingerprint density at radius 1 is 0.926 bits per heavy atom. The molecule has 0 heterocycles. The summed E-state index contributed by atoms with van der Waals surface area (Å²) >= 11 is 0. The summed E-state index contributed by atoms with van der Waals surface area (Å²) in [5.74, 6) is -0.549. The first-order valence-corrected chi connectivity index (χ1v) is 9.05. The van der Waals surface area contributed by atoms with Gasteiger partial charge in [-0.25, -0.2) is 0 Å². The van der Waals surface area contributed by atoms with Crippen molar-refractivity contribution in [2.75, 3.05) is 11.9 Å². The maximum atomic E-state index is 12.9. The molecule has 0 saturated heterocycles. The van der Waals surface area contributed by atoms with Crippen molar-refractivity contribution in [3.8, 4) is 0 Å².